The molecule has 11 heteroatoms. The van der Waals surface area contributed by atoms with Crippen LogP contribution in [0.3, 0.4) is 0 Å². The van der Waals surface area contributed by atoms with Gasteiger partial charge in [0.15, 0.2) is 0 Å². The zero-order valence-electron chi connectivity index (χ0n) is 13.8. The maximum atomic E-state index is 14.5. The predicted octanol–water partition coefficient (Wildman–Crippen LogP) is 4.75. The number of benzene rings is 1. The molecule has 0 spiro atoms. The van der Waals surface area contributed by atoms with E-state index in [9.17, 15) is 39.7 Å². The van der Waals surface area contributed by atoms with Gasteiger partial charge in [-0.1, -0.05) is 26.8 Å². The fourth-order valence-electron chi connectivity index (χ4n) is 2.38. The first-order valence-electron chi connectivity index (χ1n) is 7.23. The Labute approximate surface area is 146 Å². The van der Waals surface area contributed by atoms with Crippen molar-refractivity contribution in [2.45, 2.75) is 55.4 Å². The van der Waals surface area contributed by atoms with E-state index in [2.05, 4.69) is 0 Å². The van der Waals surface area contributed by atoms with Crippen molar-refractivity contribution < 1.29 is 44.8 Å². The molecule has 0 fully saturated rings. The molecule has 148 valence electrons. The fraction of sp³-hybridized carbons (Fsp3) is 0.533. The summed E-state index contributed by atoms with van der Waals surface area (Å²) in [6.07, 6.45) is -13.1. The zero-order valence-corrected chi connectivity index (χ0v) is 14.6. The fourth-order valence-corrected chi connectivity index (χ4v) is 3.78. The van der Waals surface area contributed by atoms with Crippen LogP contribution in [-0.2, 0) is 22.9 Å². The molecule has 0 saturated carbocycles. The van der Waals surface area contributed by atoms with E-state index in [0.717, 1.165) is 0 Å². The van der Waals surface area contributed by atoms with Crippen molar-refractivity contribution in [3.05, 3.63) is 28.8 Å². The molecule has 1 unspecified atom stereocenters. The SMILES string of the molecule is CCc1c(C(=O)O)ccc(C(F)(C(F)(F)F)C(F)(F)F)c1S(=O)C(C)C. The second-order valence-corrected chi connectivity index (χ2v) is 7.57. The van der Waals surface area contributed by atoms with Crippen LogP contribution in [0.15, 0.2) is 17.0 Å². The number of rotatable bonds is 5. The molecule has 26 heavy (non-hydrogen) atoms. The quantitative estimate of drug-likeness (QED) is 0.716. The molecular formula is C15H15F7O3S. The van der Waals surface area contributed by atoms with Crippen LogP contribution < -0.4 is 0 Å². The smallest absolute Gasteiger partial charge is 0.435 e. The molecule has 0 aliphatic carbocycles. The van der Waals surface area contributed by atoms with Gasteiger partial charge in [0.05, 0.1) is 21.3 Å². The van der Waals surface area contributed by atoms with Gasteiger partial charge >= 0.3 is 24.0 Å². The Hall–Kier alpha value is -1.65. The Kier molecular flexibility index (Phi) is 6.17. The average molecular weight is 408 g/mol. The predicted molar refractivity (Wildman–Crippen MR) is 79.2 cm³/mol. The molecule has 1 atom stereocenters. The summed E-state index contributed by atoms with van der Waals surface area (Å²) in [6.45, 7) is 3.75. The molecule has 0 heterocycles. The average Bonchev–Trinajstić information content (AvgIpc) is 2.49. The van der Waals surface area contributed by atoms with Crippen molar-refractivity contribution in [1.82, 2.24) is 0 Å². The number of carbonyl (C=O) groups is 1. The zero-order chi connectivity index (χ0) is 20.7. The highest BCUT2D eigenvalue weighted by Gasteiger charge is 2.74. The van der Waals surface area contributed by atoms with E-state index in [-0.39, 0.29) is 12.5 Å². The summed E-state index contributed by atoms with van der Waals surface area (Å²) in [6, 6.07) is 0.558. The number of aromatic carboxylic acids is 1. The Morgan fingerprint density at radius 1 is 1.08 bits per heavy atom. The van der Waals surface area contributed by atoms with Crippen LogP contribution in [0, 0.1) is 0 Å². The molecule has 3 nitrogen and oxygen atoms in total. The van der Waals surface area contributed by atoms with E-state index in [1.54, 1.807) is 0 Å². The topological polar surface area (TPSA) is 54.4 Å². The van der Waals surface area contributed by atoms with E-state index < -0.39 is 61.6 Å². The first-order chi connectivity index (χ1) is 11.6. The van der Waals surface area contributed by atoms with E-state index >= 15 is 0 Å². The third kappa shape index (κ3) is 3.58. The maximum Gasteiger partial charge on any atom is 0.435 e. The number of hydrogen-bond donors (Lipinski definition) is 1. The summed E-state index contributed by atoms with van der Waals surface area (Å²) in [5.74, 6) is -1.64. The Bertz CT molecular complexity index is 709. The van der Waals surface area contributed by atoms with Crippen LogP contribution in [0.4, 0.5) is 30.7 Å². The summed E-state index contributed by atoms with van der Waals surface area (Å²) in [5.41, 5.74) is -8.85. The molecule has 0 saturated heterocycles. The van der Waals surface area contributed by atoms with Gasteiger partial charge in [0.1, 0.15) is 0 Å². The molecule has 1 aromatic carbocycles. The Morgan fingerprint density at radius 3 is 1.85 bits per heavy atom. The lowest BCUT2D eigenvalue weighted by molar-refractivity contribution is -0.349. The van der Waals surface area contributed by atoms with Crippen LogP contribution in [0.2, 0.25) is 0 Å². The third-order valence-corrected chi connectivity index (χ3v) is 5.35. The number of carboxylic acid groups (broad SMARTS) is 1. The molecule has 1 rings (SSSR count). The standard InChI is InChI=1S/C15H15F7O3S/c1-4-8-9(12(23)24)5-6-10(11(8)26(25)7(2)3)13(16,14(17,18)19)15(20,21)22/h5-7H,4H2,1-3H3,(H,23,24). The van der Waals surface area contributed by atoms with Gasteiger partial charge < -0.3 is 5.11 Å². The third-order valence-electron chi connectivity index (χ3n) is 3.63. The van der Waals surface area contributed by atoms with Gasteiger partial charge in [-0.15, -0.1) is 0 Å². The second kappa shape index (κ2) is 7.16. The minimum absolute atomic E-state index is 0.0964. The molecule has 1 N–H and O–H groups in total. The normalized spacial score (nSPS) is 14.6. The van der Waals surface area contributed by atoms with E-state index in [0.29, 0.717) is 6.07 Å². The van der Waals surface area contributed by atoms with Crippen molar-refractivity contribution in [3.8, 4) is 0 Å². The van der Waals surface area contributed by atoms with Crippen molar-refractivity contribution in [2.24, 2.45) is 0 Å². The number of carboxylic acids is 1. The molecule has 0 aliphatic rings. The first kappa shape index (κ1) is 22.4. The second-order valence-electron chi connectivity index (χ2n) is 5.63. The summed E-state index contributed by atoms with van der Waals surface area (Å²) < 4.78 is 106. The molecule has 0 aliphatic heterocycles. The molecule has 0 radical (unpaired) electrons. The largest absolute Gasteiger partial charge is 0.478 e. The summed E-state index contributed by atoms with van der Waals surface area (Å²) in [7, 11) is -2.50. The summed E-state index contributed by atoms with van der Waals surface area (Å²) in [5, 5.41) is 8.14. The van der Waals surface area contributed by atoms with Gasteiger partial charge in [-0.3, -0.25) is 4.21 Å². The molecule has 0 amide bonds. The van der Waals surface area contributed by atoms with Gasteiger partial charge in [-0.25, -0.2) is 9.18 Å². The minimum Gasteiger partial charge on any atom is -0.478 e. The lowest BCUT2D eigenvalue weighted by Crippen LogP contribution is -2.51. The van der Waals surface area contributed by atoms with Crippen molar-refractivity contribution >= 4 is 16.8 Å². The van der Waals surface area contributed by atoms with E-state index in [1.165, 1.54) is 20.8 Å². The van der Waals surface area contributed by atoms with Crippen LogP contribution in [0.25, 0.3) is 0 Å². The Balaban J connectivity index is 4.09. The van der Waals surface area contributed by atoms with Gasteiger partial charge in [-0.2, -0.15) is 26.3 Å². The van der Waals surface area contributed by atoms with Crippen molar-refractivity contribution in [2.75, 3.05) is 0 Å². The van der Waals surface area contributed by atoms with Crippen LogP contribution in [0.1, 0.15) is 42.3 Å². The minimum atomic E-state index is -6.39. The highest BCUT2D eigenvalue weighted by atomic mass is 32.2. The number of alkyl halides is 7. The van der Waals surface area contributed by atoms with Gasteiger partial charge in [0.25, 0.3) is 0 Å². The highest BCUT2D eigenvalue weighted by Crippen LogP contribution is 2.55. The van der Waals surface area contributed by atoms with Crippen LogP contribution in [0.5, 0.6) is 0 Å². The maximum absolute atomic E-state index is 14.5. The van der Waals surface area contributed by atoms with Crippen LogP contribution in [-0.4, -0.2) is 32.9 Å². The monoisotopic (exact) mass is 408 g/mol. The van der Waals surface area contributed by atoms with Crippen molar-refractivity contribution in [3.63, 3.8) is 0 Å². The highest BCUT2D eigenvalue weighted by molar-refractivity contribution is 7.85. The van der Waals surface area contributed by atoms with Gasteiger partial charge in [0, 0.05) is 10.8 Å². The lowest BCUT2D eigenvalue weighted by atomic mass is 9.90. The molecule has 0 aromatic heterocycles. The van der Waals surface area contributed by atoms with E-state index in [1.807, 2.05) is 0 Å². The van der Waals surface area contributed by atoms with Gasteiger partial charge in [-0.05, 0) is 18.1 Å². The molecular weight excluding hydrogens is 393 g/mol. The van der Waals surface area contributed by atoms with Crippen LogP contribution >= 0.6 is 0 Å². The molecule has 0 bridgehead atoms. The first-order valence-corrected chi connectivity index (χ1v) is 8.45. The molecule has 1 aromatic rings. The number of halogens is 7. The number of hydrogen-bond acceptors (Lipinski definition) is 2. The van der Waals surface area contributed by atoms with E-state index in [4.69, 9.17) is 5.11 Å². The van der Waals surface area contributed by atoms with Crippen molar-refractivity contribution in [1.29, 1.82) is 0 Å². The van der Waals surface area contributed by atoms with Gasteiger partial charge in [0.2, 0.25) is 0 Å². The summed E-state index contributed by atoms with van der Waals surface area (Å²) >= 11 is 0. The Morgan fingerprint density at radius 2 is 1.54 bits per heavy atom. The lowest BCUT2D eigenvalue weighted by Gasteiger charge is -2.32. The summed E-state index contributed by atoms with van der Waals surface area (Å²) in [4.78, 5) is 10.2.